The molecule has 0 spiro atoms. The summed E-state index contributed by atoms with van der Waals surface area (Å²) >= 11 is 0. The molecular weight excluding hydrogens is 346 g/mol. The van der Waals surface area contributed by atoms with Crippen molar-refractivity contribution in [1.29, 1.82) is 0 Å². The molecule has 7 N–H and O–H groups in total. The van der Waals surface area contributed by atoms with E-state index in [1.165, 1.54) is 5.01 Å². The Balaban J connectivity index is 2.84. The highest BCUT2D eigenvalue weighted by atomic mass is 16.5. The minimum atomic E-state index is -0.841. The first-order valence-electron chi connectivity index (χ1n) is 9.00. The highest BCUT2D eigenvalue weighted by Gasteiger charge is 2.28. The fraction of sp³-hybridized carbons (Fsp3) is 0.474. The van der Waals surface area contributed by atoms with Gasteiger partial charge in [0.1, 0.15) is 5.92 Å². The van der Waals surface area contributed by atoms with Crippen molar-refractivity contribution in [2.45, 2.75) is 33.7 Å². The number of ether oxygens (including phenoxy) is 1. The van der Waals surface area contributed by atoms with Crippen LogP contribution in [0.2, 0.25) is 0 Å². The van der Waals surface area contributed by atoms with E-state index in [9.17, 15) is 9.59 Å². The Morgan fingerprint density at radius 1 is 1.33 bits per heavy atom. The third-order valence-corrected chi connectivity index (χ3v) is 3.72. The average molecular weight is 377 g/mol. The maximum absolute atomic E-state index is 12.6. The molecule has 0 aliphatic carbocycles. The van der Waals surface area contributed by atoms with Crippen molar-refractivity contribution in [2.24, 2.45) is 29.1 Å². The van der Waals surface area contributed by atoms with Crippen molar-refractivity contribution < 1.29 is 14.3 Å². The Morgan fingerprint density at radius 2 is 2.04 bits per heavy atom. The summed E-state index contributed by atoms with van der Waals surface area (Å²) in [7, 11) is 0. The van der Waals surface area contributed by atoms with E-state index in [0.29, 0.717) is 24.4 Å². The van der Waals surface area contributed by atoms with Crippen molar-refractivity contribution in [3.05, 3.63) is 41.7 Å². The highest BCUT2D eigenvalue weighted by Crippen LogP contribution is 2.18. The van der Waals surface area contributed by atoms with Crippen LogP contribution in [-0.4, -0.2) is 30.0 Å². The zero-order chi connectivity index (χ0) is 20.4. The van der Waals surface area contributed by atoms with E-state index in [-0.39, 0.29) is 25.0 Å². The molecule has 150 valence electrons. The van der Waals surface area contributed by atoms with Crippen LogP contribution in [0.3, 0.4) is 0 Å². The lowest BCUT2D eigenvalue weighted by Crippen LogP contribution is -2.32. The molecule has 1 atom stereocenters. The molecule has 1 amide bonds. The van der Waals surface area contributed by atoms with Gasteiger partial charge in [-0.2, -0.15) is 0 Å². The molecule has 0 heterocycles. The number of carbonyl (C=O) groups is 2. The number of nitrogens with zero attached hydrogens (tertiary/aromatic N) is 1. The molecule has 0 saturated carbocycles. The minimum Gasteiger partial charge on any atom is -0.465 e. The molecule has 0 aliphatic rings. The third kappa shape index (κ3) is 8.10. The van der Waals surface area contributed by atoms with Crippen LogP contribution in [0.15, 0.2) is 36.2 Å². The van der Waals surface area contributed by atoms with Crippen LogP contribution in [0.5, 0.6) is 0 Å². The summed E-state index contributed by atoms with van der Waals surface area (Å²) in [5.41, 5.74) is 13.0. The second kappa shape index (κ2) is 11.2. The molecule has 0 aliphatic heterocycles. The number of hydrogen-bond donors (Lipinski definition) is 4. The minimum absolute atomic E-state index is 0.182. The van der Waals surface area contributed by atoms with E-state index in [2.05, 4.69) is 5.32 Å². The van der Waals surface area contributed by atoms with Gasteiger partial charge in [-0.1, -0.05) is 26.0 Å². The topological polar surface area (TPSA) is 137 Å². The summed E-state index contributed by atoms with van der Waals surface area (Å²) in [5.74, 6) is 4.34. The molecule has 0 bridgehead atoms. The Labute approximate surface area is 160 Å². The summed E-state index contributed by atoms with van der Waals surface area (Å²) < 4.78 is 5.04. The van der Waals surface area contributed by atoms with Gasteiger partial charge in [0.25, 0.3) is 0 Å². The molecule has 1 rings (SSSR count). The standard InChI is InChI=1S/C19H31N5O3/c1-4-27-19(26)17(8-13(2)3)18(25)23-16-7-5-6-14(9-16)11-24(22)12-15(21)10-20/h5-7,9,12-13,17H,4,8,10-11,20-22H2,1-3H3,(H,23,25)/b15-12-. The van der Waals surface area contributed by atoms with E-state index in [1.54, 1.807) is 31.3 Å². The fourth-order valence-corrected chi connectivity index (χ4v) is 2.52. The highest BCUT2D eigenvalue weighted by molar-refractivity contribution is 6.04. The molecule has 1 aromatic carbocycles. The van der Waals surface area contributed by atoms with E-state index in [0.717, 1.165) is 5.56 Å². The predicted molar refractivity (Wildman–Crippen MR) is 106 cm³/mol. The van der Waals surface area contributed by atoms with Crippen molar-refractivity contribution >= 4 is 17.6 Å². The quantitative estimate of drug-likeness (QED) is 0.209. The zero-order valence-corrected chi connectivity index (χ0v) is 16.3. The molecule has 0 fully saturated rings. The Bertz CT molecular complexity index is 661. The monoisotopic (exact) mass is 377 g/mol. The van der Waals surface area contributed by atoms with Crippen molar-refractivity contribution in [3.8, 4) is 0 Å². The summed E-state index contributed by atoms with van der Waals surface area (Å²) in [4.78, 5) is 24.7. The maximum Gasteiger partial charge on any atom is 0.318 e. The smallest absolute Gasteiger partial charge is 0.318 e. The molecule has 0 radical (unpaired) electrons. The van der Waals surface area contributed by atoms with Gasteiger partial charge >= 0.3 is 5.97 Å². The van der Waals surface area contributed by atoms with E-state index in [1.807, 2.05) is 19.9 Å². The first-order chi connectivity index (χ1) is 12.8. The van der Waals surface area contributed by atoms with Gasteiger partial charge in [-0.3, -0.25) is 9.59 Å². The Hall–Kier alpha value is -2.58. The van der Waals surface area contributed by atoms with Gasteiger partial charge in [0.15, 0.2) is 0 Å². The lowest BCUT2D eigenvalue weighted by atomic mass is 9.96. The van der Waals surface area contributed by atoms with Crippen LogP contribution < -0.4 is 22.6 Å². The lowest BCUT2D eigenvalue weighted by molar-refractivity contribution is -0.151. The normalized spacial score (nSPS) is 12.6. The van der Waals surface area contributed by atoms with E-state index >= 15 is 0 Å². The molecule has 8 nitrogen and oxygen atoms in total. The van der Waals surface area contributed by atoms with E-state index < -0.39 is 11.9 Å². The van der Waals surface area contributed by atoms with Gasteiger partial charge in [0, 0.05) is 24.1 Å². The van der Waals surface area contributed by atoms with Crippen LogP contribution in [0.25, 0.3) is 0 Å². The molecule has 1 unspecified atom stereocenters. The van der Waals surface area contributed by atoms with Crippen LogP contribution >= 0.6 is 0 Å². The first-order valence-corrected chi connectivity index (χ1v) is 9.00. The molecule has 0 saturated heterocycles. The number of amides is 1. The van der Waals surface area contributed by atoms with Crippen LogP contribution in [0.1, 0.15) is 32.8 Å². The van der Waals surface area contributed by atoms with Gasteiger partial charge < -0.3 is 26.5 Å². The summed E-state index contributed by atoms with van der Waals surface area (Å²) in [6.07, 6.45) is 1.98. The van der Waals surface area contributed by atoms with Gasteiger partial charge in [0.2, 0.25) is 5.91 Å². The van der Waals surface area contributed by atoms with Crippen molar-refractivity contribution in [2.75, 3.05) is 18.5 Å². The van der Waals surface area contributed by atoms with Gasteiger partial charge in [-0.15, -0.1) is 0 Å². The van der Waals surface area contributed by atoms with Gasteiger partial charge in [-0.05, 0) is 37.0 Å². The number of anilines is 1. The number of benzene rings is 1. The van der Waals surface area contributed by atoms with E-state index in [4.69, 9.17) is 22.0 Å². The third-order valence-electron chi connectivity index (χ3n) is 3.72. The summed E-state index contributed by atoms with van der Waals surface area (Å²) in [6.45, 7) is 6.47. The first kappa shape index (κ1) is 22.5. The molecule has 0 aromatic heterocycles. The summed E-state index contributed by atoms with van der Waals surface area (Å²) in [5, 5.41) is 4.21. The number of nitrogens with one attached hydrogen (secondary N) is 1. The number of hydrazine groups is 1. The summed E-state index contributed by atoms with van der Waals surface area (Å²) in [6, 6.07) is 7.22. The van der Waals surface area contributed by atoms with Crippen LogP contribution in [-0.2, 0) is 20.9 Å². The van der Waals surface area contributed by atoms with Gasteiger partial charge in [-0.25, -0.2) is 5.84 Å². The number of rotatable bonds is 10. The largest absolute Gasteiger partial charge is 0.465 e. The fourth-order valence-electron chi connectivity index (χ4n) is 2.52. The van der Waals surface area contributed by atoms with Crippen LogP contribution in [0, 0.1) is 11.8 Å². The molecule has 1 aromatic rings. The molecule has 27 heavy (non-hydrogen) atoms. The number of carbonyl (C=O) groups excluding carboxylic acids is 2. The maximum atomic E-state index is 12.6. The molecular formula is C19H31N5O3. The second-order valence-electron chi connectivity index (χ2n) is 6.70. The van der Waals surface area contributed by atoms with Crippen molar-refractivity contribution in [1.82, 2.24) is 5.01 Å². The Kier molecular flexibility index (Phi) is 9.32. The average Bonchev–Trinajstić information content (AvgIpc) is 2.59. The number of nitrogens with two attached hydrogens (primary N) is 3. The predicted octanol–water partition coefficient (Wildman–Crippen LogP) is 1.29. The van der Waals surface area contributed by atoms with Crippen molar-refractivity contribution in [3.63, 3.8) is 0 Å². The number of esters is 1. The van der Waals surface area contributed by atoms with Gasteiger partial charge in [0.05, 0.1) is 13.2 Å². The Morgan fingerprint density at radius 3 is 2.63 bits per heavy atom. The second-order valence-corrected chi connectivity index (χ2v) is 6.70. The zero-order valence-electron chi connectivity index (χ0n) is 16.3. The van der Waals surface area contributed by atoms with Crippen LogP contribution in [0.4, 0.5) is 5.69 Å². The lowest BCUT2D eigenvalue weighted by Gasteiger charge is -2.18. The number of hydrogen-bond acceptors (Lipinski definition) is 7. The molecule has 8 heteroatoms. The SMILES string of the molecule is CCOC(=O)C(CC(C)C)C(=O)Nc1cccc(CN(N)/C=C(\N)CN)c1.